The molecule has 1 saturated carbocycles. The van der Waals surface area contributed by atoms with Crippen molar-refractivity contribution in [2.75, 3.05) is 24.5 Å². The lowest BCUT2D eigenvalue weighted by Crippen LogP contribution is -2.27. The van der Waals surface area contributed by atoms with Crippen LogP contribution >= 0.6 is 0 Å². The summed E-state index contributed by atoms with van der Waals surface area (Å²) in [4.78, 5) is 2.56. The van der Waals surface area contributed by atoms with Crippen molar-refractivity contribution in [1.82, 2.24) is 5.32 Å². The quantitative estimate of drug-likeness (QED) is 0.876. The zero-order valence-corrected chi connectivity index (χ0v) is 11.6. The van der Waals surface area contributed by atoms with E-state index in [4.69, 9.17) is 0 Å². The SMILES string of the molecule is Cc1ccc(N2CCC(CNC3CC3)C2)c(C)c1. The van der Waals surface area contributed by atoms with Crippen molar-refractivity contribution in [3.05, 3.63) is 29.3 Å². The Morgan fingerprint density at radius 3 is 2.78 bits per heavy atom. The second kappa shape index (κ2) is 4.93. The molecule has 2 nitrogen and oxygen atoms in total. The van der Waals surface area contributed by atoms with Crippen LogP contribution in [-0.4, -0.2) is 25.7 Å². The first-order valence-electron chi connectivity index (χ1n) is 7.28. The lowest BCUT2D eigenvalue weighted by molar-refractivity contribution is 0.515. The fourth-order valence-electron chi connectivity index (χ4n) is 3.00. The van der Waals surface area contributed by atoms with Gasteiger partial charge in [-0.1, -0.05) is 17.7 Å². The highest BCUT2D eigenvalue weighted by atomic mass is 15.2. The van der Waals surface area contributed by atoms with E-state index in [9.17, 15) is 0 Å². The summed E-state index contributed by atoms with van der Waals surface area (Å²) < 4.78 is 0. The predicted molar refractivity (Wildman–Crippen MR) is 77.3 cm³/mol. The van der Waals surface area contributed by atoms with Crippen LogP contribution in [0.1, 0.15) is 30.4 Å². The van der Waals surface area contributed by atoms with Crippen LogP contribution in [0.4, 0.5) is 5.69 Å². The number of aryl methyl sites for hydroxylation is 2. The van der Waals surface area contributed by atoms with Crippen LogP contribution < -0.4 is 10.2 Å². The van der Waals surface area contributed by atoms with Gasteiger partial charge in [0.05, 0.1) is 0 Å². The largest absolute Gasteiger partial charge is 0.371 e. The van der Waals surface area contributed by atoms with Crippen LogP contribution in [-0.2, 0) is 0 Å². The molecule has 2 fully saturated rings. The zero-order chi connectivity index (χ0) is 12.5. The minimum atomic E-state index is 0.839. The summed E-state index contributed by atoms with van der Waals surface area (Å²) in [5.41, 5.74) is 4.22. The molecule has 0 bridgehead atoms. The monoisotopic (exact) mass is 244 g/mol. The zero-order valence-electron chi connectivity index (χ0n) is 11.6. The highest BCUT2D eigenvalue weighted by Crippen LogP contribution is 2.28. The first-order chi connectivity index (χ1) is 8.72. The van der Waals surface area contributed by atoms with Gasteiger partial charge >= 0.3 is 0 Å². The van der Waals surface area contributed by atoms with Crippen molar-refractivity contribution in [2.24, 2.45) is 5.92 Å². The van der Waals surface area contributed by atoms with E-state index in [1.165, 1.54) is 55.7 Å². The van der Waals surface area contributed by atoms with E-state index >= 15 is 0 Å². The molecule has 2 heteroatoms. The van der Waals surface area contributed by atoms with Crippen LogP contribution in [0, 0.1) is 19.8 Å². The van der Waals surface area contributed by atoms with Crippen LogP contribution in [0.15, 0.2) is 18.2 Å². The van der Waals surface area contributed by atoms with Gasteiger partial charge in [0.25, 0.3) is 0 Å². The molecule has 1 aromatic carbocycles. The Labute approximate surface area is 110 Å². The molecular weight excluding hydrogens is 220 g/mol. The lowest BCUT2D eigenvalue weighted by atomic mass is 10.1. The van der Waals surface area contributed by atoms with E-state index in [2.05, 4.69) is 42.3 Å². The average molecular weight is 244 g/mol. The fourth-order valence-corrected chi connectivity index (χ4v) is 3.00. The van der Waals surface area contributed by atoms with E-state index in [-0.39, 0.29) is 0 Å². The number of rotatable bonds is 4. The topological polar surface area (TPSA) is 15.3 Å². The van der Waals surface area contributed by atoms with Gasteiger partial charge in [-0.3, -0.25) is 0 Å². The Kier molecular flexibility index (Phi) is 3.29. The van der Waals surface area contributed by atoms with Crippen LogP contribution in [0.25, 0.3) is 0 Å². The summed E-state index contributed by atoms with van der Waals surface area (Å²) in [7, 11) is 0. The number of anilines is 1. The van der Waals surface area contributed by atoms with Crippen molar-refractivity contribution in [1.29, 1.82) is 0 Å². The lowest BCUT2D eigenvalue weighted by Gasteiger charge is -2.21. The predicted octanol–water partition coefficient (Wildman–Crippen LogP) is 2.88. The molecule has 98 valence electrons. The molecule has 1 N–H and O–H groups in total. The molecular formula is C16H24N2. The highest BCUT2D eigenvalue weighted by molar-refractivity contribution is 5.55. The van der Waals surface area contributed by atoms with E-state index in [1.54, 1.807) is 0 Å². The minimum absolute atomic E-state index is 0.839. The number of nitrogens with zero attached hydrogens (tertiary/aromatic N) is 1. The van der Waals surface area contributed by atoms with Crippen molar-refractivity contribution < 1.29 is 0 Å². The number of hydrogen-bond donors (Lipinski definition) is 1. The van der Waals surface area contributed by atoms with Crippen LogP contribution in [0.5, 0.6) is 0 Å². The normalized spacial score (nSPS) is 23.7. The molecule has 1 atom stereocenters. The van der Waals surface area contributed by atoms with E-state index in [0.717, 1.165) is 12.0 Å². The molecule has 3 rings (SSSR count). The molecule has 0 spiro atoms. The maximum Gasteiger partial charge on any atom is 0.0396 e. The Bertz CT molecular complexity index is 423. The van der Waals surface area contributed by atoms with E-state index < -0.39 is 0 Å². The summed E-state index contributed by atoms with van der Waals surface area (Å²) in [5.74, 6) is 0.839. The summed E-state index contributed by atoms with van der Waals surface area (Å²) in [6.07, 6.45) is 4.13. The van der Waals surface area contributed by atoms with E-state index in [0.29, 0.717) is 0 Å². The number of hydrogen-bond acceptors (Lipinski definition) is 2. The van der Waals surface area contributed by atoms with Gasteiger partial charge in [-0.2, -0.15) is 0 Å². The third kappa shape index (κ3) is 2.69. The van der Waals surface area contributed by atoms with Gasteiger partial charge in [0.1, 0.15) is 0 Å². The molecule has 0 radical (unpaired) electrons. The highest BCUT2D eigenvalue weighted by Gasteiger charge is 2.26. The third-order valence-electron chi connectivity index (χ3n) is 4.25. The molecule has 0 amide bonds. The van der Waals surface area contributed by atoms with Crippen LogP contribution in [0.2, 0.25) is 0 Å². The molecule has 1 aliphatic heterocycles. The number of benzene rings is 1. The smallest absolute Gasteiger partial charge is 0.0396 e. The maximum atomic E-state index is 3.67. The summed E-state index contributed by atoms with van der Waals surface area (Å²) in [6.45, 7) is 8.07. The van der Waals surface area contributed by atoms with Crippen LogP contribution in [0.3, 0.4) is 0 Å². The van der Waals surface area contributed by atoms with Crippen molar-refractivity contribution in [3.8, 4) is 0 Å². The van der Waals surface area contributed by atoms with Gasteiger partial charge in [0, 0.05) is 24.8 Å². The second-order valence-electron chi connectivity index (χ2n) is 6.07. The van der Waals surface area contributed by atoms with Gasteiger partial charge in [0.2, 0.25) is 0 Å². The Balaban J connectivity index is 1.59. The Morgan fingerprint density at radius 2 is 2.06 bits per heavy atom. The summed E-state index contributed by atoms with van der Waals surface area (Å²) in [6, 6.07) is 7.67. The fraction of sp³-hybridized carbons (Fsp3) is 0.625. The molecule has 1 aromatic rings. The molecule has 1 heterocycles. The van der Waals surface area contributed by atoms with E-state index in [1.807, 2.05) is 0 Å². The summed E-state index contributed by atoms with van der Waals surface area (Å²) in [5, 5.41) is 3.67. The van der Waals surface area contributed by atoms with Crippen molar-refractivity contribution in [3.63, 3.8) is 0 Å². The molecule has 1 saturated heterocycles. The number of nitrogens with one attached hydrogen (secondary N) is 1. The molecule has 0 aromatic heterocycles. The molecule has 2 aliphatic rings. The van der Waals surface area contributed by atoms with Gasteiger partial charge in [0.15, 0.2) is 0 Å². The summed E-state index contributed by atoms with van der Waals surface area (Å²) >= 11 is 0. The average Bonchev–Trinajstić information content (AvgIpc) is 3.05. The molecule has 1 aliphatic carbocycles. The Morgan fingerprint density at radius 1 is 1.22 bits per heavy atom. The molecule has 18 heavy (non-hydrogen) atoms. The second-order valence-corrected chi connectivity index (χ2v) is 6.07. The first kappa shape index (κ1) is 12.0. The van der Waals surface area contributed by atoms with Gasteiger partial charge < -0.3 is 10.2 Å². The van der Waals surface area contributed by atoms with Crippen molar-refractivity contribution >= 4 is 5.69 Å². The van der Waals surface area contributed by atoms with Crippen molar-refractivity contribution in [2.45, 2.75) is 39.2 Å². The molecule has 1 unspecified atom stereocenters. The van der Waals surface area contributed by atoms with Gasteiger partial charge in [-0.25, -0.2) is 0 Å². The van der Waals surface area contributed by atoms with Gasteiger partial charge in [-0.05, 0) is 57.2 Å². The Hall–Kier alpha value is -1.02. The standard InChI is InChI=1S/C16H24N2/c1-12-3-6-16(13(2)9-12)18-8-7-14(11-18)10-17-15-4-5-15/h3,6,9,14-15,17H,4-5,7-8,10-11H2,1-2H3. The maximum absolute atomic E-state index is 3.67. The first-order valence-corrected chi connectivity index (χ1v) is 7.28. The third-order valence-corrected chi connectivity index (χ3v) is 4.25. The minimum Gasteiger partial charge on any atom is -0.371 e. The van der Waals surface area contributed by atoms with Gasteiger partial charge in [-0.15, -0.1) is 0 Å².